The second-order valence-corrected chi connectivity index (χ2v) is 6.78. The van der Waals surface area contributed by atoms with E-state index in [-0.39, 0.29) is 6.10 Å². The Balaban J connectivity index is 1.92. The molecule has 1 aliphatic carbocycles. The SMILES string of the molecule is CC(C)CC(CN)CC(=O)N1CCOC2CCCCC21. The van der Waals surface area contributed by atoms with E-state index in [0.29, 0.717) is 43.4 Å². The van der Waals surface area contributed by atoms with Crippen molar-refractivity contribution >= 4 is 5.91 Å². The van der Waals surface area contributed by atoms with Crippen molar-refractivity contribution in [2.45, 2.75) is 64.5 Å². The average Bonchev–Trinajstić information content (AvgIpc) is 2.45. The van der Waals surface area contributed by atoms with Crippen LogP contribution in [0.2, 0.25) is 0 Å². The fraction of sp³-hybridized carbons (Fsp3) is 0.938. The lowest BCUT2D eigenvalue weighted by Gasteiger charge is -2.44. The van der Waals surface area contributed by atoms with Crippen LogP contribution in [0.3, 0.4) is 0 Å². The minimum atomic E-state index is 0.280. The van der Waals surface area contributed by atoms with Crippen LogP contribution in [0.5, 0.6) is 0 Å². The van der Waals surface area contributed by atoms with Crippen LogP contribution in [0, 0.1) is 11.8 Å². The van der Waals surface area contributed by atoms with E-state index in [9.17, 15) is 4.79 Å². The highest BCUT2D eigenvalue weighted by Crippen LogP contribution is 2.29. The number of nitrogens with two attached hydrogens (primary N) is 1. The highest BCUT2D eigenvalue weighted by atomic mass is 16.5. The zero-order valence-electron chi connectivity index (χ0n) is 13.0. The fourth-order valence-electron chi connectivity index (χ4n) is 3.70. The van der Waals surface area contributed by atoms with Gasteiger partial charge in [0.1, 0.15) is 0 Å². The summed E-state index contributed by atoms with van der Waals surface area (Å²) in [5, 5.41) is 0. The van der Waals surface area contributed by atoms with Crippen molar-refractivity contribution in [2.75, 3.05) is 19.7 Å². The van der Waals surface area contributed by atoms with E-state index in [0.717, 1.165) is 25.8 Å². The topological polar surface area (TPSA) is 55.6 Å². The van der Waals surface area contributed by atoms with Crippen LogP contribution in [0.4, 0.5) is 0 Å². The van der Waals surface area contributed by atoms with Gasteiger partial charge in [-0.3, -0.25) is 4.79 Å². The number of fused-ring (bicyclic) bond motifs is 1. The van der Waals surface area contributed by atoms with Crippen molar-refractivity contribution < 1.29 is 9.53 Å². The number of morpholine rings is 1. The lowest BCUT2D eigenvalue weighted by atomic mass is 9.88. The molecule has 3 atom stereocenters. The van der Waals surface area contributed by atoms with Crippen molar-refractivity contribution in [1.82, 2.24) is 4.90 Å². The van der Waals surface area contributed by atoms with E-state index in [2.05, 4.69) is 18.7 Å². The second-order valence-electron chi connectivity index (χ2n) is 6.78. The molecule has 2 aliphatic rings. The molecule has 2 fully saturated rings. The standard InChI is InChI=1S/C16H30N2O2/c1-12(2)9-13(11-17)10-16(19)18-7-8-20-15-6-4-3-5-14(15)18/h12-15H,3-11,17H2,1-2H3. The fourth-order valence-corrected chi connectivity index (χ4v) is 3.70. The van der Waals surface area contributed by atoms with E-state index < -0.39 is 0 Å². The molecule has 1 aliphatic heterocycles. The maximum absolute atomic E-state index is 12.6. The summed E-state index contributed by atoms with van der Waals surface area (Å²) < 4.78 is 5.84. The zero-order valence-corrected chi connectivity index (χ0v) is 13.0. The normalized spacial score (nSPS) is 28.3. The van der Waals surface area contributed by atoms with Crippen molar-refractivity contribution in [2.24, 2.45) is 17.6 Å². The molecule has 0 bridgehead atoms. The van der Waals surface area contributed by atoms with Crippen molar-refractivity contribution in [3.8, 4) is 0 Å². The monoisotopic (exact) mass is 282 g/mol. The molecule has 2 rings (SSSR count). The first-order chi connectivity index (χ1) is 9.61. The van der Waals surface area contributed by atoms with Gasteiger partial charge in [-0.15, -0.1) is 0 Å². The van der Waals surface area contributed by atoms with Gasteiger partial charge in [-0.1, -0.05) is 26.7 Å². The summed E-state index contributed by atoms with van der Waals surface area (Å²) in [6.45, 7) is 6.46. The van der Waals surface area contributed by atoms with Gasteiger partial charge in [-0.05, 0) is 37.6 Å². The van der Waals surface area contributed by atoms with E-state index in [1.165, 1.54) is 12.8 Å². The summed E-state index contributed by atoms with van der Waals surface area (Å²) in [6.07, 6.45) is 6.61. The maximum atomic E-state index is 12.6. The van der Waals surface area contributed by atoms with Gasteiger partial charge in [-0.25, -0.2) is 0 Å². The molecule has 2 N–H and O–H groups in total. The molecule has 0 aromatic rings. The molecular formula is C16H30N2O2. The number of hydrogen-bond donors (Lipinski definition) is 1. The van der Waals surface area contributed by atoms with E-state index in [4.69, 9.17) is 10.5 Å². The molecule has 0 aromatic carbocycles. The molecule has 20 heavy (non-hydrogen) atoms. The summed E-state index contributed by atoms with van der Waals surface area (Å²) >= 11 is 0. The Hall–Kier alpha value is -0.610. The van der Waals surface area contributed by atoms with Gasteiger partial charge >= 0.3 is 0 Å². The van der Waals surface area contributed by atoms with Gasteiger partial charge in [0, 0.05) is 13.0 Å². The number of hydrogen-bond acceptors (Lipinski definition) is 3. The molecular weight excluding hydrogens is 252 g/mol. The quantitative estimate of drug-likeness (QED) is 0.841. The van der Waals surface area contributed by atoms with Gasteiger partial charge in [0.25, 0.3) is 0 Å². The smallest absolute Gasteiger partial charge is 0.223 e. The molecule has 1 saturated carbocycles. The number of amides is 1. The van der Waals surface area contributed by atoms with Crippen LogP contribution in [0.25, 0.3) is 0 Å². The highest BCUT2D eigenvalue weighted by Gasteiger charge is 2.36. The first kappa shape index (κ1) is 15.8. The number of rotatable bonds is 5. The Morgan fingerprint density at radius 2 is 2.10 bits per heavy atom. The van der Waals surface area contributed by atoms with E-state index in [1.807, 2.05) is 0 Å². The minimum Gasteiger partial charge on any atom is -0.374 e. The molecule has 0 spiro atoms. The summed E-state index contributed by atoms with van der Waals surface area (Å²) in [5.74, 6) is 1.22. The summed E-state index contributed by atoms with van der Waals surface area (Å²) in [6, 6.07) is 0.322. The highest BCUT2D eigenvalue weighted by molar-refractivity contribution is 5.77. The zero-order chi connectivity index (χ0) is 14.5. The summed E-state index contributed by atoms with van der Waals surface area (Å²) in [4.78, 5) is 14.7. The summed E-state index contributed by atoms with van der Waals surface area (Å²) in [7, 11) is 0. The molecule has 0 aromatic heterocycles. The minimum absolute atomic E-state index is 0.280. The third-order valence-corrected chi connectivity index (χ3v) is 4.65. The van der Waals surface area contributed by atoms with Gasteiger partial charge in [-0.2, -0.15) is 0 Å². The van der Waals surface area contributed by atoms with Gasteiger partial charge < -0.3 is 15.4 Å². The van der Waals surface area contributed by atoms with E-state index in [1.54, 1.807) is 0 Å². The third-order valence-electron chi connectivity index (χ3n) is 4.65. The molecule has 0 radical (unpaired) electrons. The third kappa shape index (κ3) is 3.95. The van der Waals surface area contributed by atoms with Crippen LogP contribution in [-0.4, -0.2) is 42.6 Å². The number of carbonyl (C=O) groups is 1. The van der Waals surface area contributed by atoms with Crippen LogP contribution in [-0.2, 0) is 9.53 Å². The molecule has 1 saturated heterocycles. The Bertz CT molecular complexity index is 318. The molecule has 4 nitrogen and oxygen atoms in total. The first-order valence-electron chi connectivity index (χ1n) is 8.23. The Kier molecular flexibility index (Phi) is 5.85. The van der Waals surface area contributed by atoms with Crippen LogP contribution < -0.4 is 5.73 Å². The molecule has 1 heterocycles. The van der Waals surface area contributed by atoms with Crippen LogP contribution >= 0.6 is 0 Å². The second kappa shape index (κ2) is 7.41. The molecule has 3 unspecified atom stereocenters. The molecule has 1 amide bonds. The molecule has 4 heteroatoms. The van der Waals surface area contributed by atoms with Crippen LogP contribution in [0.15, 0.2) is 0 Å². The first-order valence-corrected chi connectivity index (χ1v) is 8.23. The lowest BCUT2D eigenvalue weighted by Crippen LogP contribution is -2.55. The summed E-state index contributed by atoms with van der Waals surface area (Å²) in [5.41, 5.74) is 5.84. The van der Waals surface area contributed by atoms with Gasteiger partial charge in [0.05, 0.1) is 18.8 Å². The van der Waals surface area contributed by atoms with Gasteiger partial charge in [0.2, 0.25) is 5.91 Å². The maximum Gasteiger partial charge on any atom is 0.223 e. The number of nitrogens with zero attached hydrogens (tertiary/aromatic N) is 1. The predicted molar refractivity (Wildman–Crippen MR) is 80.3 cm³/mol. The predicted octanol–water partition coefficient (Wildman–Crippen LogP) is 2.17. The largest absolute Gasteiger partial charge is 0.374 e. The van der Waals surface area contributed by atoms with Gasteiger partial charge in [0.15, 0.2) is 0 Å². The van der Waals surface area contributed by atoms with Crippen LogP contribution in [0.1, 0.15) is 52.4 Å². The Morgan fingerprint density at radius 3 is 2.80 bits per heavy atom. The van der Waals surface area contributed by atoms with Crippen molar-refractivity contribution in [3.05, 3.63) is 0 Å². The molecule has 116 valence electrons. The van der Waals surface area contributed by atoms with E-state index >= 15 is 0 Å². The lowest BCUT2D eigenvalue weighted by molar-refractivity contribution is -0.150. The number of carbonyl (C=O) groups excluding carboxylic acids is 1. The van der Waals surface area contributed by atoms with Crippen molar-refractivity contribution in [1.29, 1.82) is 0 Å². The number of ether oxygens (including phenoxy) is 1. The van der Waals surface area contributed by atoms with Crippen molar-refractivity contribution in [3.63, 3.8) is 0 Å². The average molecular weight is 282 g/mol. The Morgan fingerprint density at radius 1 is 1.35 bits per heavy atom. The Labute approximate surface area is 123 Å².